The number of hydrogen-bond donors (Lipinski definition) is 2. The van der Waals surface area contributed by atoms with Crippen LogP contribution in [0.2, 0.25) is 0 Å². The monoisotopic (exact) mass is 244 g/mol. The van der Waals surface area contributed by atoms with Crippen LogP contribution in [-0.2, 0) is 6.42 Å². The SMILES string of the molecule is CNC(=O)c1noc(-c2ccc3c(c2)CCN3)n1. The summed E-state index contributed by atoms with van der Waals surface area (Å²) >= 11 is 0. The van der Waals surface area contributed by atoms with Gasteiger partial charge in [0.05, 0.1) is 0 Å². The van der Waals surface area contributed by atoms with Crippen LogP contribution in [0, 0.1) is 0 Å². The number of amides is 1. The molecule has 0 spiro atoms. The van der Waals surface area contributed by atoms with E-state index >= 15 is 0 Å². The van der Waals surface area contributed by atoms with Crippen molar-refractivity contribution in [2.24, 2.45) is 0 Å². The number of carbonyl (C=O) groups is 1. The van der Waals surface area contributed by atoms with Crippen LogP contribution < -0.4 is 10.6 Å². The summed E-state index contributed by atoms with van der Waals surface area (Å²) in [7, 11) is 1.53. The average Bonchev–Trinajstić information content (AvgIpc) is 3.05. The topological polar surface area (TPSA) is 80.0 Å². The van der Waals surface area contributed by atoms with Gasteiger partial charge in [0.15, 0.2) is 0 Å². The van der Waals surface area contributed by atoms with E-state index in [9.17, 15) is 4.79 Å². The summed E-state index contributed by atoms with van der Waals surface area (Å²) in [6, 6.07) is 5.90. The molecule has 2 heterocycles. The van der Waals surface area contributed by atoms with Crippen LogP contribution >= 0.6 is 0 Å². The third-order valence-corrected chi connectivity index (χ3v) is 2.92. The molecule has 0 fully saturated rings. The summed E-state index contributed by atoms with van der Waals surface area (Å²) in [5.41, 5.74) is 3.21. The van der Waals surface area contributed by atoms with Crippen LogP contribution in [0.1, 0.15) is 16.2 Å². The molecule has 0 saturated heterocycles. The van der Waals surface area contributed by atoms with Crippen molar-refractivity contribution in [2.45, 2.75) is 6.42 Å². The molecule has 6 nitrogen and oxygen atoms in total. The Morgan fingerprint density at radius 3 is 3.22 bits per heavy atom. The summed E-state index contributed by atoms with van der Waals surface area (Å²) in [5, 5.41) is 9.38. The van der Waals surface area contributed by atoms with Crippen LogP contribution in [0.5, 0.6) is 0 Å². The minimum absolute atomic E-state index is 0.0473. The minimum Gasteiger partial charge on any atom is -0.384 e. The zero-order valence-electron chi connectivity index (χ0n) is 9.86. The second-order valence-corrected chi connectivity index (χ2v) is 4.05. The lowest BCUT2D eigenvalue weighted by Gasteiger charge is -2.00. The third-order valence-electron chi connectivity index (χ3n) is 2.92. The van der Waals surface area contributed by atoms with Crippen LogP contribution in [0.25, 0.3) is 11.5 Å². The van der Waals surface area contributed by atoms with E-state index in [4.69, 9.17) is 4.52 Å². The van der Waals surface area contributed by atoms with Gasteiger partial charge in [0, 0.05) is 24.8 Å². The van der Waals surface area contributed by atoms with Gasteiger partial charge < -0.3 is 15.2 Å². The highest BCUT2D eigenvalue weighted by molar-refractivity contribution is 5.90. The Balaban J connectivity index is 1.95. The van der Waals surface area contributed by atoms with E-state index < -0.39 is 0 Å². The van der Waals surface area contributed by atoms with Gasteiger partial charge in [-0.15, -0.1) is 0 Å². The fraction of sp³-hybridized carbons (Fsp3) is 0.250. The van der Waals surface area contributed by atoms with Gasteiger partial charge in [0.1, 0.15) is 0 Å². The second-order valence-electron chi connectivity index (χ2n) is 4.05. The molecular formula is C12H12N4O2. The molecular weight excluding hydrogens is 232 g/mol. The third kappa shape index (κ3) is 1.71. The molecule has 1 aliphatic rings. The second kappa shape index (κ2) is 4.14. The highest BCUT2D eigenvalue weighted by atomic mass is 16.5. The highest BCUT2D eigenvalue weighted by Crippen LogP contribution is 2.27. The number of hydrogen-bond acceptors (Lipinski definition) is 5. The molecule has 1 aliphatic heterocycles. The molecule has 2 aromatic rings. The number of aromatic nitrogens is 2. The summed E-state index contributed by atoms with van der Waals surface area (Å²) in [6.45, 7) is 0.951. The zero-order valence-corrected chi connectivity index (χ0v) is 9.86. The van der Waals surface area contributed by atoms with Gasteiger partial charge >= 0.3 is 0 Å². The van der Waals surface area contributed by atoms with Crippen molar-refractivity contribution in [1.82, 2.24) is 15.5 Å². The lowest BCUT2D eigenvalue weighted by Crippen LogP contribution is -2.19. The summed E-state index contributed by atoms with van der Waals surface area (Å²) in [6.07, 6.45) is 0.986. The standard InChI is InChI=1S/C12H12N4O2/c1-13-11(17)10-15-12(18-16-10)8-2-3-9-7(6-8)4-5-14-9/h2-3,6,14H,4-5H2,1H3,(H,13,17). The molecule has 18 heavy (non-hydrogen) atoms. The number of rotatable bonds is 2. The van der Waals surface area contributed by atoms with E-state index in [1.54, 1.807) is 0 Å². The molecule has 92 valence electrons. The first-order chi connectivity index (χ1) is 8.78. The molecule has 0 radical (unpaired) electrons. The molecule has 0 aliphatic carbocycles. The number of nitrogens with zero attached hydrogens (tertiary/aromatic N) is 2. The van der Waals surface area contributed by atoms with Crippen molar-refractivity contribution in [3.8, 4) is 11.5 Å². The molecule has 0 bridgehead atoms. The molecule has 1 aromatic heterocycles. The maximum absolute atomic E-state index is 11.3. The van der Waals surface area contributed by atoms with Crippen molar-refractivity contribution in [2.75, 3.05) is 18.9 Å². The predicted octanol–water partition coefficient (Wildman–Crippen LogP) is 1.06. The van der Waals surface area contributed by atoms with Gasteiger partial charge in [-0.05, 0) is 30.2 Å². The van der Waals surface area contributed by atoms with Crippen LogP contribution in [-0.4, -0.2) is 29.6 Å². The van der Waals surface area contributed by atoms with E-state index in [-0.39, 0.29) is 11.7 Å². The summed E-state index contributed by atoms with van der Waals surface area (Å²) in [5.74, 6) is 0.0576. The molecule has 0 unspecified atom stereocenters. The Morgan fingerprint density at radius 2 is 2.39 bits per heavy atom. The predicted molar refractivity (Wildman–Crippen MR) is 65.3 cm³/mol. The fourth-order valence-corrected chi connectivity index (χ4v) is 1.98. The molecule has 6 heteroatoms. The van der Waals surface area contributed by atoms with Crippen molar-refractivity contribution in [3.05, 3.63) is 29.6 Å². The fourth-order valence-electron chi connectivity index (χ4n) is 1.98. The average molecular weight is 244 g/mol. The zero-order chi connectivity index (χ0) is 12.5. The Morgan fingerprint density at radius 1 is 1.50 bits per heavy atom. The number of carbonyl (C=O) groups excluding carboxylic acids is 1. The molecule has 3 rings (SSSR count). The summed E-state index contributed by atoms with van der Waals surface area (Å²) < 4.78 is 5.09. The van der Waals surface area contributed by atoms with Gasteiger partial charge in [0.25, 0.3) is 17.6 Å². The summed E-state index contributed by atoms with van der Waals surface area (Å²) in [4.78, 5) is 15.4. The van der Waals surface area contributed by atoms with E-state index in [2.05, 4.69) is 20.8 Å². The number of fused-ring (bicyclic) bond motifs is 1. The normalized spacial score (nSPS) is 12.9. The lowest BCUT2D eigenvalue weighted by atomic mass is 10.1. The smallest absolute Gasteiger partial charge is 0.292 e. The quantitative estimate of drug-likeness (QED) is 0.825. The first-order valence-electron chi connectivity index (χ1n) is 5.71. The Hall–Kier alpha value is -2.37. The Labute approximate surface area is 103 Å². The lowest BCUT2D eigenvalue weighted by molar-refractivity contribution is 0.0950. The first kappa shape index (κ1) is 10.8. The van der Waals surface area contributed by atoms with E-state index in [1.807, 2.05) is 18.2 Å². The Bertz CT molecular complexity index is 606. The first-order valence-corrected chi connectivity index (χ1v) is 5.71. The van der Waals surface area contributed by atoms with Crippen LogP contribution in [0.4, 0.5) is 5.69 Å². The molecule has 0 atom stereocenters. The van der Waals surface area contributed by atoms with Gasteiger partial charge in [-0.1, -0.05) is 5.16 Å². The molecule has 1 amide bonds. The van der Waals surface area contributed by atoms with Crippen molar-refractivity contribution >= 4 is 11.6 Å². The highest BCUT2D eigenvalue weighted by Gasteiger charge is 2.16. The van der Waals surface area contributed by atoms with Gasteiger partial charge in [0.2, 0.25) is 0 Å². The number of benzene rings is 1. The molecule has 0 saturated carbocycles. The van der Waals surface area contributed by atoms with Crippen LogP contribution in [0.15, 0.2) is 22.7 Å². The minimum atomic E-state index is -0.354. The maximum atomic E-state index is 11.3. The Kier molecular flexibility index (Phi) is 2.47. The van der Waals surface area contributed by atoms with E-state index in [0.29, 0.717) is 5.89 Å². The van der Waals surface area contributed by atoms with E-state index in [1.165, 1.54) is 12.6 Å². The van der Waals surface area contributed by atoms with Gasteiger partial charge in [-0.25, -0.2) is 0 Å². The largest absolute Gasteiger partial charge is 0.384 e. The maximum Gasteiger partial charge on any atom is 0.292 e. The molecule has 1 aromatic carbocycles. The van der Waals surface area contributed by atoms with Gasteiger partial charge in [-0.2, -0.15) is 4.98 Å². The van der Waals surface area contributed by atoms with E-state index in [0.717, 1.165) is 24.2 Å². The van der Waals surface area contributed by atoms with Crippen molar-refractivity contribution < 1.29 is 9.32 Å². The van der Waals surface area contributed by atoms with Crippen molar-refractivity contribution in [3.63, 3.8) is 0 Å². The van der Waals surface area contributed by atoms with Gasteiger partial charge in [-0.3, -0.25) is 4.79 Å². The number of nitrogens with one attached hydrogen (secondary N) is 2. The number of anilines is 1. The van der Waals surface area contributed by atoms with Crippen LogP contribution in [0.3, 0.4) is 0 Å². The van der Waals surface area contributed by atoms with Crippen molar-refractivity contribution in [1.29, 1.82) is 0 Å². The molecule has 2 N–H and O–H groups in total.